The molecular formula is C46H27N3S. The number of nitrogens with zero attached hydrogens (tertiary/aromatic N) is 3. The first-order valence-corrected chi connectivity index (χ1v) is 17.7. The lowest BCUT2D eigenvalue weighted by Gasteiger charge is -2.14. The van der Waals surface area contributed by atoms with Crippen molar-refractivity contribution in [1.82, 2.24) is 14.5 Å². The topological polar surface area (TPSA) is 30.7 Å². The van der Waals surface area contributed by atoms with E-state index in [-0.39, 0.29) is 0 Å². The molecule has 0 saturated carbocycles. The summed E-state index contributed by atoms with van der Waals surface area (Å²) in [6.45, 7) is 0. The molecular weight excluding hydrogens is 627 g/mol. The molecule has 0 atom stereocenters. The predicted octanol–water partition coefficient (Wildman–Crippen LogP) is 12.7. The highest BCUT2D eigenvalue weighted by molar-refractivity contribution is 7.26. The molecule has 8 aromatic carbocycles. The standard InChI is InChI=1S/C46H27N3S/c1-2-13-30-25-31(22-21-28(30)11-1)44-35-16-5-8-18-39(35)47-46(48-44)38-27-32(26-37-34-15-7-10-20-42(34)50-45(37)38)49-40-19-9-6-17-36(40)43-33-14-4-3-12-29(33)23-24-41(43)49/h1-27H. The maximum Gasteiger partial charge on any atom is 0.161 e. The molecule has 3 nitrogen and oxygen atoms in total. The normalized spacial score (nSPS) is 12.0. The minimum atomic E-state index is 0.733. The third-order valence-electron chi connectivity index (χ3n) is 10.2. The van der Waals surface area contributed by atoms with Crippen LogP contribution in [0, 0.1) is 0 Å². The quantitative estimate of drug-likeness (QED) is 0.190. The van der Waals surface area contributed by atoms with Crippen molar-refractivity contribution in [3.63, 3.8) is 0 Å². The second kappa shape index (κ2) is 10.6. The van der Waals surface area contributed by atoms with Crippen LogP contribution in [-0.4, -0.2) is 14.5 Å². The molecule has 232 valence electrons. The van der Waals surface area contributed by atoms with Gasteiger partial charge in [0.25, 0.3) is 0 Å². The van der Waals surface area contributed by atoms with E-state index < -0.39 is 0 Å². The van der Waals surface area contributed by atoms with Gasteiger partial charge < -0.3 is 4.57 Å². The van der Waals surface area contributed by atoms with Gasteiger partial charge in [-0.2, -0.15) is 0 Å². The second-order valence-electron chi connectivity index (χ2n) is 13.0. The van der Waals surface area contributed by atoms with E-state index in [2.05, 4.69) is 168 Å². The third kappa shape index (κ3) is 4.03. The van der Waals surface area contributed by atoms with Crippen molar-refractivity contribution in [2.75, 3.05) is 0 Å². The first-order chi connectivity index (χ1) is 24.8. The molecule has 0 unspecified atom stereocenters. The minimum absolute atomic E-state index is 0.733. The Morgan fingerprint density at radius 1 is 0.460 bits per heavy atom. The highest BCUT2D eigenvalue weighted by Crippen LogP contribution is 2.44. The number of aromatic nitrogens is 3. The number of fused-ring (bicyclic) bond motifs is 10. The molecule has 0 amide bonds. The number of benzene rings is 8. The molecule has 0 aliphatic carbocycles. The van der Waals surface area contributed by atoms with E-state index in [0.29, 0.717) is 0 Å². The van der Waals surface area contributed by atoms with E-state index in [9.17, 15) is 0 Å². The zero-order chi connectivity index (χ0) is 32.8. The van der Waals surface area contributed by atoms with Gasteiger partial charge in [0.05, 0.1) is 22.2 Å². The van der Waals surface area contributed by atoms with Gasteiger partial charge >= 0.3 is 0 Å². The monoisotopic (exact) mass is 653 g/mol. The van der Waals surface area contributed by atoms with Crippen LogP contribution in [0.15, 0.2) is 164 Å². The SMILES string of the molecule is c1ccc2cc(-c3nc(-c4cc(-n5c6ccccc6c6c7ccccc7ccc65)cc5c4sc4ccccc45)nc4ccccc34)ccc2c1. The van der Waals surface area contributed by atoms with Crippen molar-refractivity contribution >= 4 is 85.8 Å². The molecule has 3 heterocycles. The fraction of sp³-hybridized carbons (Fsp3) is 0. The van der Waals surface area contributed by atoms with Crippen LogP contribution in [0.5, 0.6) is 0 Å². The summed E-state index contributed by atoms with van der Waals surface area (Å²) in [7, 11) is 0. The zero-order valence-corrected chi connectivity index (χ0v) is 27.7. The van der Waals surface area contributed by atoms with E-state index in [0.717, 1.165) is 39.2 Å². The highest BCUT2D eigenvalue weighted by Gasteiger charge is 2.21. The van der Waals surface area contributed by atoms with Crippen molar-refractivity contribution < 1.29 is 0 Å². The zero-order valence-electron chi connectivity index (χ0n) is 26.8. The first kappa shape index (κ1) is 27.6. The Hall–Kier alpha value is -6.36. The lowest BCUT2D eigenvalue weighted by atomic mass is 10.0. The van der Waals surface area contributed by atoms with Crippen molar-refractivity contribution in [1.29, 1.82) is 0 Å². The van der Waals surface area contributed by atoms with Gasteiger partial charge in [-0.25, -0.2) is 9.97 Å². The van der Waals surface area contributed by atoms with E-state index in [1.54, 1.807) is 0 Å². The average molecular weight is 654 g/mol. The lowest BCUT2D eigenvalue weighted by molar-refractivity contribution is 1.18. The van der Waals surface area contributed by atoms with Gasteiger partial charge in [0.2, 0.25) is 0 Å². The Balaban J connectivity index is 1.25. The van der Waals surface area contributed by atoms with E-state index in [1.807, 2.05) is 11.3 Å². The molecule has 0 fully saturated rings. The Bertz CT molecular complexity index is 3170. The van der Waals surface area contributed by atoms with Gasteiger partial charge in [0.15, 0.2) is 5.82 Å². The largest absolute Gasteiger partial charge is 0.309 e. The molecule has 50 heavy (non-hydrogen) atoms. The van der Waals surface area contributed by atoms with Gasteiger partial charge in [-0.3, -0.25) is 0 Å². The first-order valence-electron chi connectivity index (χ1n) is 16.9. The fourth-order valence-corrected chi connectivity index (χ4v) is 9.07. The Kier molecular flexibility index (Phi) is 5.83. The molecule has 11 rings (SSSR count). The summed E-state index contributed by atoms with van der Waals surface area (Å²) >= 11 is 1.82. The smallest absolute Gasteiger partial charge is 0.161 e. The number of para-hydroxylation sites is 2. The molecule has 0 aliphatic rings. The van der Waals surface area contributed by atoms with Crippen LogP contribution in [-0.2, 0) is 0 Å². The van der Waals surface area contributed by atoms with Crippen molar-refractivity contribution in [2.24, 2.45) is 0 Å². The van der Waals surface area contributed by atoms with Crippen LogP contribution >= 0.6 is 11.3 Å². The third-order valence-corrected chi connectivity index (χ3v) is 11.4. The second-order valence-corrected chi connectivity index (χ2v) is 14.0. The average Bonchev–Trinajstić information content (AvgIpc) is 3.73. The molecule has 4 heteroatoms. The highest BCUT2D eigenvalue weighted by atomic mass is 32.1. The van der Waals surface area contributed by atoms with E-state index in [1.165, 1.54) is 63.5 Å². The summed E-state index contributed by atoms with van der Waals surface area (Å²) in [5.74, 6) is 0.733. The van der Waals surface area contributed by atoms with Crippen LogP contribution in [0.3, 0.4) is 0 Å². The van der Waals surface area contributed by atoms with E-state index >= 15 is 0 Å². The van der Waals surface area contributed by atoms with Gasteiger partial charge in [0, 0.05) is 53.1 Å². The predicted molar refractivity (Wildman–Crippen MR) is 213 cm³/mol. The summed E-state index contributed by atoms with van der Waals surface area (Å²) in [4.78, 5) is 10.7. The summed E-state index contributed by atoms with van der Waals surface area (Å²) in [6.07, 6.45) is 0. The van der Waals surface area contributed by atoms with Gasteiger partial charge in [-0.05, 0) is 64.0 Å². The lowest BCUT2D eigenvalue weighted by Crippen LogP contribution is -1.98. The van der Waals surface area contributed by atoms with Crippen LogP contribution in [0.4, 0.5) is 0 Å². The van der Waals surface area contributed by atoms with Gasteiger partial charge in [-0.1, -0.05) is 121 Å². The number of rotatable bonds is 3. The molecule has 0 radical (unpaired) electrons. The Morgan fingerprint density at radius 2 is 1.16 bits per heavy atom. The summed E-state index contributed by atoms with van der Waals surface area (Å²) in [5, 5.41) is 11.0. The molecule has 11 aromatic rings. The number of hydrogen-bond donors (Lipinski definition) is 0. The van der Waals surface area contributed by atoms with Crippen molar-refractivity contribution in [3.8, 4) is 28.3 Å². The van der Waals surface area contributed by atoms with E-state index in [4.69, 9.17) is 9.97 Å². The fourth-order valence-electron chi connectivity index (χ4n) is 7.88. The molecule has 0 bridgehead atoms. The number of thiophene rings is 1. The Labute approximate surface area is 291 Å². The molecule has 0 spiro atoms. The minimum Gasteiger partial charge on any atom is -0.309 e. The number of hydrogen-bond acceptors (Lipinski definition) is 3. The summed E-state index contributed by atoms with van der Waals surface area (Å²) in [5.41, 5.74) is 7.47. The molecule has 0 aliphatic heterocycles. The molecule has 3 aromatic heterocycles. The van der Waals surface area contributed by atoms with Crippen LogP contribution < -0.4 is 0 Å². The van der Waals surface area contributed by atoms with Crippen molar-refractivity contribution in [2.45, 2.75) is 0 Å². The Morgan fingerprint density at radius 3 is 2.06 bits per heavy atom. The van der Waals surface area contributed by atoms with Crippen molar-refractivity contribution in [3.05, 3.63) is 164 Å². The summed E-state index contributed by atoms with van der Waals surface area (Å²) in [6, 6.07) is 58.9. The van der Waals surface area contributed by atoms with Crippen LogP contribution in [0.2, 0.25) is 0 Å². The van der Waals surface area contributed by atoms with Gasteiger partial charge in [0.1, 0.15) is 0 Å². The van der Waals surface area contributed by atoms with Crippen LogP contribution in [0.25, 0.3) is 103 Å². The maximum atomic E-state index is 5.44. The maximum absolute atomic E-state index is 5.44. The molecule has 0 N–H and O–H groups in total. The van der Waals surface area contributed by atoms with Gasteiger partial charge in [-0.15, -0.1) is 11.3 Å². The molecule has 0 saturated heterocycles. The van der Waals surface area contributed by atoms with Crippen LogP contribution in [0.1, 0.15) is 0 Å². The summed E-state index contributed by atoms with van der Waals surface area (Å²) < 4.78 is 4.88.